The maximum absolute atomic E-state index is 12.5. The SMILES string of the molecule is CCOC(Cc1ccc(OCCN(CCCC(C)C)C(=O)NCC(C)C)cc1)C(=O)O. The summed E-state index contributed by atoms with van der Waals surface area (Å²) < 4.78 is 11.1. The molecule has 1 aromatic carbocycles. The average Bonchev–Trinajstić information content (AvgIpc) is 2.71. The highest BCUT2D eigenvalue weighted by Crippen LogP contribution is 2.15. The van der Waals surface area contributed by atoms with E-state index in [1.54, 1.807) is 6.92 Å². The lowest BCUT2D eigenvalue weighted by atomic mass is 10.1. The summed E-state index contributed by atoms with van der Waals surface area (Å²) in [5.74, 6) is 0.741. The molecular formula is C24H40N2O5. The molecule has 0 saturated heterocycles. The molecule has 1 rings (SSSR count). The highest BCUT2D eigenvalue weighted by Gasteiger charge is 2.18. The van der Waals surface area contributed by atoms with Crippen LogP contribution in [0.2, 0.25) is 0 Å². The number of urea groups is 1. The zero-order valence-corrected chi connectivity index (χ0v) is 19.7. The van der Waals surface area contributed by atoms with Gasteiger partial charge >= 0.3 is 12.0 Å². The Labute approximate surface area is 187 Å². The van der Waals surface area contributed by atoms with Crippen LogP contribution in [0.3, 0.4) is 0 Å². The van der Waals surface area contributed by atoms with Gasteiger partial charge in [0.2, 0.25) is 0 Å². The zero-order valence-electron chi connectivity index (χ0n) is 19.7. The standard InChI is InChI=1S/C24H40N2O5/c1-6-30-22(23(27)28)16-20-9-11-21(12-10-20)31-15-14-26(13-7-8-18(2)3)24(29)25-17-19(4)5/h9-12,18-19,22H,6-8,13-17H2,1-5H3,(H,25,29)(H,27,28). The smallest absolute Gasteiger partial charge is 0.333 e. The number of benzene rings is 1. The number of carboxylic acids is 1. The fraction of sp³-hybridized carbons (Fsp3) is 0.667. The van der Waals surface area contributed by atoms with Crippen molar-refractivity contribution in [3.63, 3.8) is 0 Å². The normalized spacial score (nSPS) is 12.1. The summed E-state index contributed by atoms with van der Waals surface area (Å²) in [5.41, 5.74) is 0.872. The van der Waals surface area contributed by atoms with Gasteiger partial charge in [0.05, 0.1) is 6.54 Å². The Morgan fingerprint density at radius 2 is 1.74 bits per heavy atom. The Bertz CT molecular complexity index is 646. The van der Waals surface area contributed by atoms with Crippen LogP contribution in [0.1, 0.15) is 53.0 Å². The van der Waals surface area contributed by atoms with Gasteiger partial charge in [-0.25, -0.2) is 9.59 Å². The third kappa shape index (κ3) is 11.6. The van der Waals surface area contributed by atoms with E-state index in [1.807, 2.05) is 29.2 Å². The zero-order chi connectivity index (χ0) is 23.2. The van der Waals surface area contributed by atoms with Crippen molar-refractivity contribution in [2.75, 3.05) is 32.8 Å². The van der Waals surface area contributed by atoms with E-state index in [4.69, 9.17) is 9.47 Å². The molecule has 31 heavy (non-hydrogen) atoms. The number of carbonyl (C=O) groups is 2. The lowest BCUT2D eigenvalue weighted by molar-refractivity contribution is -0.149. The van der Waals surface area contributed by atoms with Gasteiger partial charge in [-0.05, 0) is 49.3 Å². The highest BCUT2D eigenvalue weighted by atomic mass is 16.5. The summed E-state index contributed by atoms with van der Waals surface area (Å²) in [7, 11) is 0. The van der Waals surface area contributed by atoms with Crippen molar-refractivity contribution in [1.29, 1.82) is 0 Å². The van der Waals surface area contributed by atoms with Gasteiger partial charge in [0.1, 0.15) is 12.4 Å². The molecular weight excluding hydrogens is 396 g/mol. The number of nitrogens with zero attached hydrogens (tertiary/aromatic N) is 1. The van der Waals surface area contributed by atoms with Crippen LogP contribution >= 0.6 is 0 Å². The number of hydrogen-bond acceptors (Lipinski definition) is 4. The fourth-order valence-corrected chi connectivity index (χ4v) is 3.04. The third-order valence-corrected chi connectivity index (χ3v) is 4.78. The first kappa shape index (κ1) is 26.8. The second kappa shape index (κ2) is 14.7. The van der Waals surface area contributed by atoms with Crippen molar-refractivity contribution < 1.29 is 24.2 Å². The molecule has 0 aromatic heterocycles. The quantitative estimate of drug-likeness (QED) is 0.430. The molecule has 0 aliphatic carbocycles. The molecule has 0 heterocycles. The topological polar surface area (TPSA) is 88.1 Å². The van der Waals surface area contributed by atoms with E-state index in [9.17, 15) is 14.7 Å². The van der Waals surface area contributed by atoms with Crippen LogP contribution in [0.15, 0.2) is 24.3 Å². The van der Waals surface area contributed by atoms with E-state index < -0.39 is 12.1 Å². The van der Waals surface area contributed by atoms with E-state index in [-0.39, 0.29) is 6.03 Å². The molecule has 0 spiro atoms. The van der Waals surface area contributed by atoms with Crippen molar-refractivity contribution in [3.05, 3.63) is 29.8 Å². The van der Waals surface area contributed by atoms with Gasteiger partial charge in [-0.1, -0.05) is 39.8 Å². The minimum Gasteiger partial charge on any atom is -0.492 e. The summed E-state index contributed by atoms with van der Waals surface area (Å²) in [6.45, 7) is 12.9. The molecule has 7 heteroatoms. The van der Waals surface area contributed by atoms with Gasteiger partial charge < -0.3 is 24.8 Å². The van der Waals surface area contributed by atoms with Crippen LogP contribution in [0.4, 0.5) is 4.79 Å². The van der Waals surface area contributed by atoms with Crippen LogP contribution in [0.25, 0.3) is 0 Å². The minimum absolute atomic E-state index is 0.0490. The summed E-state index contributed by atoms with van der Waals surface area (Å²) in [5, 5.41) is 12.2. The van der Waals surface area contributed by atoms with E-state index in [0.29, 0.717) is 56.9 Å². The lowest BCUT2D eigenvalue weighted by Gasteiger charge is -2.24. The molecule has 0 saturated carbocycles. The molecule has 0 aliphatic heterocycles. The number of amides is 2. The summed E-state index contributed by atoms with van der Waals surface area (Å²) in [4.78, 5) is 25.6. The molecule has 0 bridgehead atoms. The van der Waals surface area contributed by atoms with Crippen LogP contribution in [0, 0.1) is 11.8 Å². The maximum Gasteiger partial charge on any atom is 0.333 e. The molecule has 2 amide bonds. The largest absolute Gasteiger partial charge is 0.492 e. The molecule has 1 aromatic rings. The lowest BCUT2D eigenvalue weighted by Crippen LogP contribution is -2.43. The average molecular weight is 437 g/mol. The first-order chi connectivity index (χ1) is 14.7. The molecule has 0 radical (unpaired) electrons. The Balaban J connectivity index is 2.56. The van der Waals surface area contributed by atoms with Crippen molar-refractivity contribution in [3.8, 4) is 5.75 Å². The van der Waals surface area contributed by atoms with E-state index >= 15 is 0 Å². The van der Waals surface area contributed by atoms with Crippen molar-refractivity contribution in [2.24, 2.45) is 11.8 Å². The first-order valence-electron chi connectivity index (χ1n) is 11.3. The van der Waals surface area contributed by atoms with Gasteiger partial charge in [0, 0.05) is 26.1 Å². The van der Waals surface area contributed by atoms with Crippen LogP contribution < -0.4 is 10.1 Å². The van der Waals surface area contributed by atoms with E-state index in [1.165, 1.54) is 0 Å². The molecule has 7 nitrogen and oxygen atoms in total. The van der Waals surface area contributed by atoms with E-state index in [0.717, 1.165) is 18.4 Å². The Morgan fingerprint density at radius 1 is 1.06 bits per heavy atom. The molecule has 1 atom stereocenters. The molecule has 0 aliphatic rings. The number of rotatable bonds is 15. The van der Waals surface area contributed by atoms with Gasteiger partial charge in [-0.2, -0.15) is 0 Å². The Morgan fingerprint density at radius 3 is 2.29 bits per heavy atom. The first-order valence-corrected chi connectivity index (χ1v) is 11.3. The summed E-state index contributed by atoms with van der Waals surface area (Å²) in [6, 6.07) is 7.29. The predicted molar refractivity (Wildman–Crippen MR) is 123 cm³/mol. The van der Waals surface area contributed by atoms with Crippen LogP contribution in [0.5, 0.6) is 5.75 Å². The van der Waals surface area contributed by atoms with Gasteiger partial charge in [0.15, 0.2) is 6.10 Å². The van der Waals surface area contributed by atoms with Crippen molar-refractivity contribution in [1.82, 2.24) is 10.2 Å². The van der Waals surface area contributed by atoms with Crippen LogP contribution in [-0.4, -0.2) is 61.0 Å². The number of hydrogen-bond donors (Lipinski definition) is 2. The summed E-state index contributed by atoms with van der Waals surface area (Å²) in [6.07, 6.45) is 1.50. The third-order valence-electron chi connectivity index (χ3n) is 4.78. The Hall–Kier alpha value is -2.28. The van der Waals surface area contributed by atoms with Gasteiger partial charge in [-0.3, -0.25) is 0 Å². The molecule has 0 fully saturated rings. The highest BCUT2D eigenvalue weighted by molar-refractivity contribution is 5.74. The fourth-order valence-electron chi connectivity index (χ4n) is 3.04. The number of ether oxygens (including phenoxy) is 2. The van der Waals surface area contributed by atoms with Crippen molar-refractivity contribution in [2.45, 2.75) is 60.0 Å². The predicted octanol–water partition coefficient (Wildman–Crippen LogP) is 4.20. The number of carbonyl (C=O) groups excluding carboxylic acids is 1. The number of carboxylic acid groups (broad SMARTS) is 1. The Kier molecular flexibility index (Phi) is 12.7. The van der Waals surface area contributed by atoms with E-state index in [2.05, 4.69) is 33.0 Å². The molecule has 176 valence electrons. The summed E-state index contributed by atoms with van der Waals surface area (Å²) >= 11 is 0. The molecule has 1 unspecified atom stereocenters. The van der Waals surface area contributed by atoms with Gasteiger partial charge in [0.25, 0.3) is 0 Å². The minimum atomic E-state index is -0.963. The number of nitrogens with one attached hydrogen (secondary N) is 1. The monoisotopic (exact) mass is 436 g/mol. The van der Waals surface area contributed by atoms with Crippen LogP contribution in [-0.2, 0) is 16.0 Å². The maximum atomic E-state index is 12.5. The number of aliphatic carboxylic acids is 1. The second-order valence-corrected chi connectivity index (χ2v) is 8.58. The second-order valence-electron chi connectivity index (χ2n) is 8.58. The van der Waals surface area contributed by atoms with Crippen molar-refractivity contribution >= 4 is 12.0 Å². The molecule has 2 N–H and O–H groups in total. The van der Waals surface area contributed by atoms with Gasteiger partial charge in [-0.15, -0.1) is 0 Å².